The van der Waals surface area contributed by atoms with E-state index in [1.807, 2.05) is 6.07 Å². The lowest BCUT2D eigenvalue weighted by Gasteiger charge is -2.07. The summed E-state index contributed by atoms with van der Waals surface area (Å²) in [6, 6.07) is 11.9. The predicted molar refractivity (Wildman–Crippen MR) is 107 cm³/mol. The van der Waals surface area contributed by atoms with Crippen molar-refractivity contribution in [3.63, 3.8) is 0 Å². The number of nitro groups is 1. The Kier molecular flexibility index (Phi) is 6.55. The van der Waals surface area contributed by atoms with Crippen LogP contribution in [0, 0.1) is 15.9 Å². The zero-order chi connectivity index (χ0) is 22.4. The van der Waals surface area contributed by atoms with E-state index >= 15 is 0 Å². The molecule has 0 aliphatic carbocycles. The fourth-order valence-electron chi connectivity index (χ4n) is 2.59. The van der Waals surface area contributed by atoms with Crippen molar-refractivity contribution < 1.29 is 28.4 Å². The molecule has 160 valence electrons. The minimum absolute atomic E-state index is 0.0162. The lowest BCUT2D eigenvalue weighted by Crippen LogP contribution is -2.21. The van der Waals surface area contributed by atoms with Crippen molar-refractivity contribution in [1.29, 1.82) is 0 Å². The summed E-state index contributed by atoms with van der Waals surface area (Å²) in [6.45, 7) is 1.24. The summed E-state index contributed by atoms with van der Waals surface area (Å²) in [6.07, 6.45) is 1.43. The normalized spacial score (nSPS) is 10.4. The number of hydrogen-bond donors (Lipinski definition) is 1. The van der Waals surface area contributed by atoms with Gasteiger partial charge in [-0.25, -0.2) is 9.48 Å². The van der Waals surface area contributed by atoms with Crippen LogP contribution in [-0.4, -0.2) is 39.8 Å². The molecule has 1 heterocycles. The van der Waals surface area contributed by atoms with E-state index in [2.05, 4.69) is 10.4 Å². The van der Waals surface area contributed by atoms with Gasteiger partial charge in [0.05, 0.1) is 23.4 Å². The van der Waals surface area contributed by atoms with Crippen LogP contribution in [0.3, 0.4) is 0 Å². The number of hydrogen-bond acceptors (Lipinski definition) is 7. The second-order valence-electron chi connectivity index (χ2n) is 6.10. The number of halogens is 1. The summed E-state index contributed by atoms with van der Waals surface area (Å²) >= 11 is 0. The maximum absolute atomic E-state index is 13.4. The third-order valence-corrected chi connectivity index (χ3v) is 3.96. The van der Waals surface area contributed by atoms with Crippen LogP contribution in [0.1, 0.15) is 17.4 Å². The van der Waals surface area contributed by atoms with Gasteiger partial charge < -0.3 is 14.8 Å². The SMILES string of the molecule is CCOC(=O)c1nn(-c2ccccc2)cc1OCC(=O)Nc1ccc(F)c([N+](=O)[O-])c1. The molecule has 0 bridgehead atoms. The largest absolute Gasteiger partial charge is 0.480 e. The van der Waals surface area contributed by atoms with Gasteiger partial charge in [-0.05, 0) is 31.2 Å². The number of nitro benzene ring substituents is 1. The highest BCUT2D eigenvalue weighted by molar-refractivity contribution is 5.93. The number of aromatic nitrogens is 2. The Morgan fingerprint density at radius 2 is 1.97 bits per heavy atom. The fourth-order valence-corrected chi connectivity index (χ4v) is 2.59. The lowest BCUT2D eigenvalue weighted by molar-refractivity contribution is -0.387. The van der Waals surface area contributed by atoms with Crippen molar-refractivity contribution in [3.05, 3.63) is 76.4 Å². The Hall–Kier alpha value is -4.28. The van der Waals surface area contributed by atoms with E-state index in [0.717, 1.165) is 12.1 Å². The molecular formula is C20H17FN4O6. The molecular weight excluding hydrogens is 411 g/mol. The molecule has 0 spiro atoms. The van der Waals surface area contributed by atoms with E-state index in [0.29, 0.717) is 5.69 Å². The molecule has 0 aliphatic rings. The van der Waals surface area contributed by atoms with Gasteiger partial charge in [-0.3, -0.25) is 14.9 Å². The van der Waals surface area contributed by atoms with Gasteiger partial charge >= 0.3 is 11.7 Å². The van der Waals surface area contributed by atoms with Gasteiger partial charge in [-0.15, -0.1) is 0 Å². The minimum atomic E-state index is -1.02. The van der Waals surface area contributed by atoms with Crippen LogP contribution >= 0.6 is 0 Å². The van der Waals surface area contributed by atoms with E-state index in [1.165, 1.54) is 16.9 Å². The Bertz CT molecular complexity index is 1120. The summed E-state index contributed by atoms with van der Waals surface area (Å²) in [4.78, 5) is 34.3. The molecule has 0 saturated carbocycles. The minimum Gasteiger partial charge on any atom is -0.480 e. The second kappa shape index (κ2) is 9.48. The van der Waals surface area contributed by atoms with Crippen LogP contribution in [0.2, 0.25) is 0 Å². The van der Waals surface area contributed by atoms with E-state index < -0.39 is 34.9 Å². The molecule has 0 saturated heterocycles. The van der Waals surface area contributed by atoms with Gasteiger partial charge in [-0.1, -0.05) is 18.2 Å². The van der Waals surface area contributed by atoms with Crippen molar-refractivity contribution in [2.24, 2.45) is 0 Å². The maximum Gasteiger partial charge on any atom is 0.362 e. The molecule has 0 unspecified atom stereocenters. The van der Waals surface area contributed by atoms with Gasteiger partial charge in [-0.2, -0.15) is 9.49 Å². The van der Waals surface area contributed by atoms with Crippen molar-refractivity contribution >= 4 is 23.3 Å². The van der Waals surface area contributed by atoms with Crippen LogP contribution in [0.15, 0.2) is 54.7 Å². The Labute approximate surface area is 175 Å². The van der Waals surface area contributed by atoms with Crippen LogP contribution < -0.4 is 10.1 Å². The highest BCUT2D eigenvalue weighted by Crippen LogP contribution is 2.23. The number of rotatable bonds is 8. The lowest BCUT2D eigenvalue weighted by atomic mass is 10.2. The number of ether oxygens (including phenoxy) is 2. The topological polar surface area (TPSA) is 126 Å². The van der Waals surface area contributed by atoms with Gasteiger partial charge in [0.2, 0.25) is 11.5 Å². The monoisotopic (exact) mass is 428 g/mol. The number of nitrogens with zero attached hydrogens (tertiary/aromatic N) is 3. The molecule has 0 radical (unpaired) electrons. The van der Waals surface area contributed by atoms with Crippen molar-refractivity contribution in [1.82, 2.24) is 9.78 Å². The zero-order valence-corrected chi connectivity index (χ0v) is 16.3. The zero-order valence-electron chi connectivity index (χ0n) is 16.3. The summed E-state index contributed by atoms with van der Waals surface area (Å²) in [5, 5.41) is 17.4. The van der Waals surface area contributed by atoms with Gasteiger partial charge in [0.1, 0.15) is 0 Å². The summed E-state index contributed by atoms with van der Waals surface area (Å²) in [5.74, 6) is -2.40. The quantitative estimate of drug-likeness (QED) is 0.332. The second-order valence-corrected chi connectivity index (χ2v) is 6.10. The third-order valence-electron chi connectivity index (χ3n) is 3.96. The first-order valence-corrected chi connectivity index (χ1v) is 9.08. The molecule has 1 aromatic heterocycles. The number of nitrogens with one attached hydrogen (secondary N) is 1. The third kappa shape index (κ3) is 5.21. The number of esters is 1. The molecule has 10 nitrogen and oxygen atoms in total. The van der Waals surface area contributed by atoms with Crippen molar-refractivity contribution in [2.75, 3.05) is 18.5 Å². The number of amides is 1. The first-order valence-electron chi connectivity index (χ1n) is 9.08. The van der Waals surface area contributed by atoms with Crippen molar-refractivity contribution in [2.45, 2.75) is 6.92 Å². The van der Waals surface area contributed by atoms with Crippen LogP contribution in [0.25, 0.3) is 5.69 Å². The average Bonchev–Trinajstić information content (AvgIpc) is 3.19. The fraction of sp³-hybridized carbons (Fsp3) is 0.150. The molecule has 0 atom stereocenters. The van der Waals surface area contributed by atoms with E-state index in [9.17, 15) is 24.1 Å². The summed E-state index contributed by atoms with van der Waals surface area (Å²) in [7, 11) is 0. The van der Waals surface area contributed by atoms with Crippen LogP contribution in [0.4, 0.5) is 15.8 Å². The van der Waals surface area contributed by atoms with Crippen LogP contribution in [0.5, 0.6) is 5.75 Å². The first-order chi connectivity index (χ1) is 14.9. The van der Waals surface area contributed by atoms with Crippen molar-refractivity contribution in [3.8, 4) is 11.4 Å². The van der Waals surface area contributed by atoms with E-state index in [1.54, 1.807) is 31.2 Å². The number of carbonyl (C=O) groups is 2. The van der Waals surface area contributed by atoms with Crippen LogP contribution in [-0.2, 0) is 9.53 Å². The van der Waals surface area contributed by atoms with E-state index in [-0.39, 0.29) is 23.7 Å². The Balaban J connectivity index is 1.75. The number of carbonyl (C=O) groups excluding carboxylic acids is 2. The molecule has 0 fully saturated rings. The maximum atomic E-state index is 13.4. The Morgan fingerprint density at radius 3 is 2.65 bits per heavy atom. The van der Waals surface area contributed by atoms with Gasteiger partial charge in [0, 0.05) is 11.8 Å². The molecule has 11 heteroatoms. The first kappa shape index (κ1) is 21.4. The molecule has 1 N–H and O–H groups in total. The van der Waals surface area contributed by atoms with Gasteiger partial charge in [0.25, 0.3) is 5.91 Å². The standard InChI is InChI=1S/C20H17FN4O6/c1-2-30-20(27)19-17(11-24(23-19)14-6-4-3-5-7-14)31-12-18(26)22-13-8-9-15(21)16(10-13)25(28)29/h3-11H,2,12H2,1H3,(H,22,26). The Morgan fingerprint density at radius 1 is 1.23 bits per heavy atom. The number of para-hydroxylation sites is 1. The molecule has 3 rings (SSSR count). The molecule has 3 aromatic rings. The molecule has 0 aliphatic heterocycles. The summed E-state index contributed by atoms with van der Waals surface area (Å²) < 4.78 is 25.2. The number of benzene rings is 2. The average molecular weight is 428 g/mol. The number of anilines is 1. The van der Waals surface area contributed by atoms with Gasteiger partial charge in [0.15, 0.2) is 12.4 Å². The summed E-state index contributed by atoms with van der Waals surface area (Å²) in [5.41, 5.74) is -0.207. The molecule has 1 amide bonds. The predicted octanol–water partition coefficient (Wildman–Crippen LogP) is 3.11. The highest BCUT2D eigenvalue weighted by Gasteiger charge is 2.21. The molecule has 2 aromatic carbocycles. The smallest absolute Gasteiger partial charge is 0.362 e. The van der Waals surface area contributed by atoms with E-state index in [4.69, 9.17) is 9.47 Å². The highest BCUT2D eigenvalue weighted by atomic mass is 19.1. The molecule has 31 heavy (non-hydrogen) atoms.